The van der Waals surface area contributed by atoms with Gasteiger partial charge in [-0.1, -0.05) is 43.8 Å². The Kier molecular flexibility index (Phi) is 7.74. The van der Waals surface area contributed by atoms with Crippen molar-refractivity contribution < 1.29 is 9.53 Å². The van der Waals surface area contributed by atoms with Crippen molar-refractivity contribution in [2.24, 2.45) is 5.92 Å². The molecule has 0 N–H and O–H groups in total. The smallest absolute Gasteiger partial charge is 0.240 e. The highest BCUT2D eigenvalue weighted by molar-refractivity contribution is 8.00. The zero-order valence-electron chi connectivity index (χ0n) is 18.8. The Morgan fingerprint density at radius 2 is 1.74 bits per heavy atom. The lowest BCUT2D eigenvalue weighted by atomic mass is 10.2. The van der Waals surface area contributed by atoms with E-state index in [2.05, 4.69) is 28.6 Å². The van der Waals surface area contributed by atoms with Crippen LogP contribution in [0.3, 0.4) is 0 Å². The predicted octanol–water partition coefficient (Wildman–Crippen LogP) is 5.14. The van der Waals surface area contributed by atoms with Gasteiger partial charge in [0.25, 0.3) is 0 Å². The van der Waals surface area contributed by atoms with Gasteiger partial charge in [0.1, 0.15) is 5.75 Å². The van der Waals surface area contributed by atoms with E-state index in [9.17, 15) is 4.79 Å². The van der Waals surface area contributed by atoms with Crippen LogP contribution in [-0.4, -0.2) is 39.6 Å². The van der Waals surface area contributed by atoms with Gasteiger partial charge in [-0.25, -0.2) is 0 Å². The second-order valence-corrected chi connectivity index (χ2v) is 9.03. The molecule has 1 aromatic heterocycles. The molecule has 7 heteroatoms. The Labute approximate surface area is 188 Å². The van der Waals surface area contributed by atoms with Crippen molar-refractivity contribution in [2.45, 2.75) is 44.6 Å². The first-order chi connectivity index (χ1) is 14.9. The first-order valence-electron chi connectivity index (χ1n) is 10.5. The van der Waals surface area contributed by atoms with Crippen LogP contribution in [0.25, 0.3) is 11.4 Å². The Balaban J connectivity index is 1.86. The second-order valence-electron chi connectivity index (χ2n) is 7.72. The topological polar surface area (TPSA) is 60.3 Å². The summed E-state index contributed by atoms with van der Waals surface area (Å²) in [6.45, 7) is 9.63. The van der Waals surface area contributed by atoms with Crippen LogP contribution >= 0.6 is 11.8 Å². The number of ether oxygens (including phenoxy) is 1. The van der Waals surface area contributed by atoms with Gasteiger partial charge in [0.2, 0.25) is 5.91 Å². The van der Waals surface area contributed by atoms with E-state index in [1.54, 1.807) is 7.11 Å². The summed E-state index contributed by atoms with van der Waals surface area (Å²) in [7, 11) is 1.65. The molecule has 2 aromatic carbocycles. The van der Waals surface area contributed by atoms with Crippen LogP contribution < -0.4 is 9.64 Å². The van der Waals surface area contributed by atoms with Gasteiger partial charge in [-0.3, -0.25) is 4.79 Å². The molecule has 6 nitrogen and oxygen atoms in total. The van der Waals surface area contributed by atoms with E-state index in [1.807, 2.05) is 73.3 Å². The Bertz CT molecular complexity index is 987. The van der Waals surface area contributed by atoms with Crippen LogP contribution in [-0.2, 0) is 11.3 Å². The maximum Gasteiger partial charge on any atom is 0.240 e. The number of nitrogens with zero attached hydrogens (tertiary/aromatic N) is 4. The average Bonchev–Trinajstić information content (AvgIpc) is 3.16. The summed E-state index contributed by atoms with van der Waals surface area (Å²) >= 11 is 1.46. The van der Waals surface area contributed by atoms with Gasteiger partial charge in [-0.15, -0.1) is 10.2 Å². The molecule has 0 fully saturated rings. The zero-order valence-corrected chi connectivity index (χ0v) is 19.6. The molecule has 164 valence electrons. The molecule has 3 aromatic rings. The van der Waals surface area contributed by atoms with Crippen molar-refractivity contribution in [3.8, 4) is 17.1 Å². The molecule has 1 heterocycles. The number of amides is 1. The molecule has 0 unspecified atom stereocenters. The minimum atomic E-state index is -0.293. The lowest BCUT2D eigenvalue weighted by Crippen LogP contribution is -2.36. The van der Waals surface area contributed by atoms with Gasteiger partial charge in [-0.2, -0.15) is 0 Å². The molecule has 0 spiro atoms. The molecule has 1 amide bonds. The number of aromatic nitrogens is 3. The summed E-state index contributed by atoms with van der Waals surface area (Å²) in [6, 6.07) is 17.6. The predicted molar refractivity (Wildman–Crippen MR) is 127 cm³/mol. The van der Waals surface area contributed by atoms with Crippen molar-refractivity contribution >= 4 is 23.4 Å². The van der Waals surface area contributed by atoms with Crippen molar-refractivity contribution in [1.29, 1.82) is 0 Å². The quantitative estimate of drug-likeness (QED) is 0.433. The molecular weight excluding hydrogens is 408 g/mol. The maximum atomic E-state index is 13.2. The summed E-state index contributed by atoms with van der Waals surface area (Å²) in [5.74, 6) is 2.07. The summed E-state index contributed by atoms with van der Waals surface area (Å²) in [5, 5.41) is 9.36. The number of hydrogen-bond donors (Lipinski definition) is 0. The molecule has 1 atom stereocenters. The van der Waals surface area contributed by atoms with Crippen molar-refractivity contribution in [1.82, 2.24) is 14.8 Å². The standard InChI is InChI=1S/C24H30N4O2S/c1-6-27(20-10-8-7-9-11-20)23(29)18(4)31-24-26-25-22(28(24)16-17(2)3)19-12-14-21(30-5)15-13-19/h7-15,17-18H,6,16H2,1-5H3/t18-/m0/s1. The van der Waals surface area contributed by atoms with Gasteiger partial charge in [0.05, 0.1) is 12.4 Å². The molecule has 0 bridgehead atoms. The lowest BCUT2D eigenvalue weighted by molar-refractivity contribution is -0.117. The molecule has 3 rings (SSSR count). The molecule has 0 aliphatic heterocycles. The highest BCUT2D eigenvalue weighted by Crippen LogP contribution is 2.30. The molecule has 31 heavy (non-hydrogen) atoms. The lowest BCUT2D eigenvalue weighted by Gasteiger charge is -2.24. The number of methoxy groups -OCH3 is 1. The molecule has 0 radical (unpaired) electrons. The summed E-state index contributed by atoms with van der Waals surface area (Å²) in [6.07, 6.45) is 0. The maximum absolute atomic E-state index is 13.2. The zero-order chi connectivity index (χ0) is 22.4. The second kappa shape index (κ2) is 10.5. The first-order valence-corrected chi connectivity index (χ1v) is 11.4. The summed E-state index contributed by atoms with van der Waals surface area (Å²) < 4.78 is 7.38. The van der Waals surface area contributed by atoms with Crippen LogP contribution in [0.15, 0.2) is 59.8 Å². The van der Waals surface area contributed by atoms with Crippen molar-refractivity contribution in [3.05, 3.63) is 54.6 Å². The third-order valence-electron chi connectivity index (χ3n) is 4.89. The van der Waals surface area contributed by atoms with E-state index in [1.165, 1.54) is 11.8 Å². The first kappa shape index (κ1) is 22.9. The summed E-state index contributed by atoms with van der Waals surface area (Å²) in [4.78, 5) is 15.0. The van der Waals surface area contributed by atoms with Crippen LogP contribution in [0.4, 0.5) is 5.69 Å². The number of hydrogen-bond acceptors (Lipinski definition) is 5. The van der Waals surface area contributed by atoms with Crippen LogP contribution in [0.2, 0.25) is 0 Å². The van der Waals surface area contributed by atoms with E-state index in [0.29, 0.717) is 12.5 Å². The van der Waals surface area contributed by atoms with Crippen LogP contribution in [0.5, 0.6) is 5.75 Å². The van der Waals surface area contributed by atoms with E-state index < -0.39 is 0 Å². The molecule has 0 saturated heterocycles. The van der Waals surface area contributed by atoms with Gasteiger partial charge in [-0.05, 0) is 56.2 Å². The Hall–Kier alpha value is -2.80. The van der Waals surface area contributed by atoms with Crippen molar-refractivity contribution in [2.75, 3.05) is 18.6 Å². The third kappa shape index (κ3) is 5.47. The largest absolute Gasteiger partial charge is 0.497 e. The minimum absolute atomic E-state index is 0.0591. The number of para-hydroxylation sites is 1. The van der Waals surface area contributed by atoms with E-state index in [-0.39, 0.29) is 11.2 Å². The van der Waals surface area contributed by atoms with Gasteiger partial charge < -0.3 is 14.2 Å². The normalized spacial score (nSPS) is 12.1. The fraction of sp³-hybridized carbons (Fsp3) is 0.375. The van der Waals surface area contributed by atoms with Crippen molar-refractivity contribution in [3.63, 3.8) is 0 Å². The fourth-order valence-corrected chi connectivity index (χ4v) is 4.28. The van der Waals surface area contributed by atoms with Gasteiger partial charge in [0.15, 0.2) is 11.0 Å². The van der Waals surface area contributed by atoms with E-state index in [0.717, 1.165) is 34.5 Å². The number of rotatable bonds is 9. The average molecular weight is 439 g/mol. The molecule has 0 aliphatic rings. The fourth-order valence-electron chi connectivity index (χ4n) is 3.36. The number of anilines is 1. The SMILES string of the molecule is CCN(C(=O)[C@H](C)Sc1nnc(-c2ccc(OC)cc2)n1CC(C)C)c1ccccc1. The molecule has 0 saturated carbocycles. The highest BCUT2D eigenvalue weighted by Gasteiger charge is 2.25. The van der Waals surface area contributed by atoms with Crippen LogP contribution in [0.1, 0.15) is 27.7 Å². The highest BCUT2D eigenvalue weighted by atomic mass is 32.2. The Morgan fingerprint density at radius 3 is 2.32 bits per heavy atom. The van der Waals surface area contributed by atoms with E-state index in [4.69, 9.17) is 4.74 Å². The third-order valence-corrected chi connectivity index (χ3v) is 5.96. The van der Waals surface area contributed by atoms with E-state index >= 15 is 0 Å². The molecule has 0 aliphatic carbocycles. The number of carbonyl (C=O) groups is 1. The molecular formula is C24H30N4O2S. The summed E-state index contributed by atoms with van der Waals surface area (Å²) in [5.41, 5.74) is 1.88. The Morgan fingerprint density at radius 1 is 1.06 bits per heavy atom. The number of carbonyl (C=O) groups excluding carboxylic acids is 1. The number of thioether (sulfide) groups is 1. The van der Waals surface area contributed by atoms with Gasteiger partial charge >= 0.3 is 0 Å². The van der Waals surface area contributed by atoms with Gasteiger partial charge in [0, 0.05) is 24.3 Å². The number of benzene rings is 2. The van der Waals surface area contributed by atoms with Crippen LogP contribution in [0, 0.1) is 5.92 Å². The monoisotopic (exact) mass is 438 g/mol. The minimum Gasteiger partial charge on any atom is -0.497 e.